The highest BCUT2D eigenvalue weighted by atomic mass is 32.2. The van der Waals surface area contributed by atoms with Crippen LogP contribution in [-0.4, -0.2) is 44.1 Å². The van der Waals surface area contributed by atoms with Crippen LogP contribution >= 0.6 is 0 Å². The van der Waals surface area contributed by atoms with Gasteiger partial charge in [-0.1, -0.05) is 79.7 Å². The van der Waals surface area contributed by atoms with Crippen molar-refractivity contribution in [1.29, 1.82) is 0 Å². The van der Waals surface area contributed by atoms with Crippen LogP contribution in [0.5, 0.6) is 0 Å². The van der Waals surface area contributed by atoms with Crippen LogP contribution in [0, 0.1) is 11.8 Å². The third-order valence-electron chi connectivity index (χ3n) is 9.65. The molecule has 1 unspecified atom stereocenters. The molecule has 2 aromatic carbocycles. The van der Waals surface area contributed by atoms with E-state index >= 15 is 0 Å². The van der Waals surface area contributed by atoms with Gasteiger partial charge in [0.05, 0.1) is 22.2 Å². The largest absolute Gasteiger partial charge is 0.381 e. The Balaban J connectivity index is 1.18. The van der Waals surface area contributed by atoms with Crippen LogP contribution in [0.3, 0.4) is 0 Å². The Morgan fingerprint density at radius 2 is 1.82 bits per heavy atom. The summed E-state index contributed by atoms with van der Waals surface area (Å²) in [5.41, 5.74) is 5.03. The molecular weight excluding hydrogens is 635 g/mol. The van der Waals surface area contributed by atoms with Gasteiger partial charge in [0, 0.05) is 30.8 Å². The molecule has 3 aliphatic rings. The van der Waals surface area contributed by atoms with Crippen LogP contribution in [0.1, 0.15) is 82.6 Å². The van der Waals surface area contributed by atoms with Crippen molar-refractivity contribution in [3.05, 3.63) is 101 Å². The minimum Gasteiger partial charge on any atom is -0.381 e. The molecule has 1 atom stereocenters. The van der Waals surface area contributed by atoms with E-state index in [0.717, 1.165) is 62.0 Å². The number of nitrogens with one attached hydrogen (secondary N) is 2. The van der Waals surface area contributed by atoms with E-state index in [4.69, 9.17) is 9.51 Å². The van der Waals surface area contributed by atoms with Crippen LogP contribution < -0.4 is 14.9 Å². The SMILES string of the molecule is CC(C)CCN(C)c1ccc(-c2noc(C3=CC(C(=O)NS(=O)(=O)C4=CCCC=C4)CC=C3)n2)cc1NC1CCC(c2ccccc2)CC1. The molecule has 3 aromatic rings. The quantitative estimate of drug-likeness (QED) is 0.198. The van der Waals surface area contributed by atoms with Gasteiger partial charge in [-0.25, -0.2) is 13.1 Å². The summed E-state index contributed by atoms with van der Waals surface area (Å²) < 4.78 is 33.5. The molecule has 3 aliphatic carbocycles. The number of carbonyl (C=O) groups is 1. The van der Waals surface area contributed by atoms with Crippen molar-refractivity contribution < 1.29 is 17.7 Å². The molecule has 258 valence electrons. The number of amides is 1. The van der Waals surface area contributed by atoms with Gasteiger partial charge >= 0.3 is 0 Å². The fourth-order valence-electron chi connectivity index (χ4n) is 6.73. The summed E-state index contributed by atoms with van der Waals surface area (Å²) in [4.78, 5) is 20.2. The number of hydrogen-bond acceptors (Lipinski definition) is 8. The zero-order chi connectivity index (χ0) is 34.4. The van der Waals surface area contributed by atoms with Crippen molar-refractivity contribution in [2.75, 3.05) is 23.8 Å². The number of benzene rings is 2. The molecule has 0 aliphatic heterocycles. The van der Waals surface area contributed by atoms with Gasteiger partial charge in [0.15, 0.2) is 0 Å². The molecule has 6 rings (SSSR count). The third kappa shape index (κ3) is 8.60. The number of sulfonamides is 1. The molecule has 0 bridgehead atoms. The maximum absolute atomic E-state index is 13.0. The van der Waals surface area contributed by atoms with E-state index in [-0.39, 0.29) is 10.8 Å². The molecule has 49 heavy (non-hydrogen) atoms. The van der Waals surface area contributed by atoms with Crippen LogP contribution in [-0.2, 0) is 14.8 Å². The van der Waals surface area contributed by atoms with E-state index in [2.05, 4.69) is 83.5 Å². The molecule has 1 aromatic heterocycles. The predicted octanol–water partition coefficient (Wildman–Crippen LogP) is 8.00. The summed E-state index contributed by atoms with van der Waals surface area (Å²) in [7, 11) is -1.79. The fraction of sp³-hybridized carbons (Fsp3) is 0.410. The number of nitrogens with zero attached hydrogens (tertiary/aromatic N) is 3. The lowest BCUT2D eigenvalue weighted by molar-refractivity contribution is -0.121. The normalized spacial score (nSPS) is 20.9. The second kappa shape index (κ2) is 15.4. The minimum absolute atomic E-state index is 0.120. The highest BCUT2D eigenvalue weighted by Gasteiger charge is 2.27. The Kier molecular flexibility index (Phi) is 10.8. The Hall–Kier alpha value is -4.44. The van der Waals surface area contributed by atoms with Crippen molar-refractivity contribution in [2.24, 2.45) is 11.8 Å². The predicted molar refractivity (Wildman–Crippen MR) is 196 cm³/mol. The Morgan fingerprint density at radius 1 is 1.02 bits per heavy atom. The maximum Gasteiger partial charge on any atom is 0.263 e. The molecule has 10 heteroatoms. The van der Waals surface area contributed by atoms with Crippen molar-refractivity contribution in [3.8, 4) is 11.4 Å². The molecule has 1 heterocycles. The Morgan fingerprint density at radius 3 is 2.55 bits per heavy atom. The highest BCUT2D eigenvalue weighted by molar-refractivity contribution is 7.94. The van der Waals surface area contributed by atoms with Gasteiger partial charge in [0.25, 0.3) is 15.9 Å². The lowest BCUT2D eigenvalue weighted by atomic mass is 9.81. The molecule has 1 amide bonds. The summed E-state index contributed by atoms with van der Waals surface area (Å²) in [5.74, 6) is 0.645. The van der Waals surface area contributed by atoms with Gasteiger partial charge < -0.3 is 14.7 Å². The topological polar surface area (TPSA) is 117 Å². The van der Waals surface area contributed by atoms with E-state index in [1.54, 1.807) is 18.2 Å². The van der Waals surface area contributed by atoms with Gasteiger partial charge in [0.1, 0.15) is 0 Å². The second-order valence-corrected chi connectivity index (χ2v) is 15.5. The number of aromatic nitrogens is 2. The number of allylic oxidation sites excluding steroid dienone is 6. The average Bonchev–Trinajstić information content (AvgIpc) is 3.62. The number of anilines is 2. The number of hydrogen-bond donors (Lipinski definition) is 2. The van der Waals surface area contributed by atoms with Gasteiger partial charge in [-0.15, -0.1) is 0 Å². The van der Waals surface area contributed by atoms with Crippen molar-refractivity contribution in [3.63, 3.8) is 0 Å². The monoisotopic (exact) mass is 681 g/mol. The van der Waals surface area contributed by atoms with Crippen LogP contribution in [0.25, 0.3) is 17.0 Å². The lowest BCUT2D eigenvalue weighted by Gasteiger charge is -2.32. The van der Waals surface area contributed by atoms with E-state index in [0.29, 0.717) is 42.1 Å². The maximum atomic E-state index is 13.0. The van der Waals surface area contributed by atoms with Crippen molar-refractivity contribution in [2.45, 2.75) is 77.2 Å². The molecule has 0 radical (unpaired) electrons. The van der Waals surface area contributed by atoms with Gasteiger partial charge in [0.2, 0.25) is 11.7 Å². The number of carbonyl (C=O) groups excluding carboxylic acids is 1. The molecule has 0 saturated heterocycles. The Bertz CT molecular complexity index is 1850. The first-order valence-electron chi connectivity index (χ1n) is 17.5. The summed E-state index contributed by atoms with van der Waals surface area (Å²) in [5, 5.41) is 8.18. The Labute approximate surface area is 290 Å². The van der Waals surface area contributed by atoms with E-state index in [1.165, 1.54) is 11.6 Å². The molecule has 1 fully saturated rings. The first-order chi connectivity index (χ1) is 23.7. The zero-order valence-electron chi connectivity index (χ0n) is 28.6. The average molecular weight is 682 g/mol. The molecule has 1 saturated carbocycles. The number of rotatable bonds is 12. The first-order valence-corrected chi connectivity index (χ1v) is 19.0. The summed E-state index contributed by atoms with van der Waals surface area (Å²) in [6, 6.07) is 17.5. The fourth-order valence-corrected chi connectivity index (χ4v) is 7.88. The second-order valence-electron chi connectivity index (χ2n) is 13.8. The summed E-state index contributed by atoms with van der Waals surface area (Å²) in [6.45, 7) is 5.44. The lowest BCUT2D eigenvalue weighted by Crippen LogP contribution is -2.36. The van der Waals surface area contributed by atoms with Crippen molar-refractivity contribution in [1.82, 2.24) is 14.9 Å². The van der Waals surface area contributed by atoms with Crippen LogP contribution in [0.4, 0.5) is 11.4 Å². The van der Waals surface area contributed by atoms with E-state index in [1.807, 2.05) is 18.2 Å². The van der Waals surface area contributed by atoms with E-state index < -0.39 is 21.8 Å². The third-order valence-corrected chi connectivity index (χ3v) is 11.0. The molecule has 2 N–H and O–H groups in total. The van der Waals surface area contributed by atoms with Gasteiger partial charge in [-0.3, -0.25) is 4.79 Å². The smallest absolute Gasteiger partial charge is 0.263 e. The van der Waals surface area contributed by atoms with Gasteiger partial charge in [-0.05, 0) is 93.0 Å². The zero-order valence-corrected chi connectivity index (χ0v) is 29.5. The standard InChI is InChI=1S/C39H47N5O4S/c1-27(2)23-24-44(3)36-22-19-30(26-35(36)40-33-20-17-29(18-21-33)28-11-6-4-7-12-28)37-41-39(48-42-37)32-14-10-13-31(25-32)38(45)43-49(46,47)34-15-8-5-9-16-34/h4,6-8,10-12,14-16,19,22,25-27,29,31,33,40H,5,9,13,17-18,20-21,23-24H2,1-3H3,(H,43,45). The van der Waals surface area contributed by atoms with Crippen LogP contribution in [0.15, 0.2) is 94.4 Å². The van der Waals surface area contributed by atoms with Crippen LogP contribution in [0.2, 0.25) is 0 Å². The summed E-state index contributed by atoms with van der Waals surface area (Å²) >= 11 is 0. The molecule has 9 nitrogen and oxygen atoms in total. The molecule has 0 spiro atoms. The van der Waals surface area contributed by atoms with Gasteiger partial charge in [-0.2, -0.15) is 4.98 Å². The highest BCUT2D eigenvalue weighted by Crippen LogP contribution is 2.37. The minimum atomic E-state index is -3.93. The van der Waals surface area contributed by atoms with Crippen molar-refractivity contribution >= 4 is 32.9 Å². The summed E-state index contributed by atoms with van der Waals surface area (Å²) in [6.07, 6.45) is 17.7. The van der Waals surface area contributed by atoms with E-state index in [9.17, 15) is 13.2 Å². The molecular formula is C39H47N5O4S. The first kappa shape index (κ1) is 34.4.